The molecule has 0 radical (unpaired) electrons. The first-order valence-electron chi connectivity index (χ1n) is 8.72. The van der Waals surface area contributed by atoms with Crippen LogP contribution in [0.4, 0.5) is 5.69 Å². The van der Waals surface area contributed by atoms with Gasteiger partial charge in [0, 0.05) is 18.5 Å². The minimum absolute atomic E-state index is 0.00546. The molecule has 0 fully saturated rings. The molecule has 0 aliphatic rings. The number of hydrazine groups is 1. The van der Waals surface area contributed by atoms with Crippen LogP contribution >= 0.6 is 0 Å². The average molecular weight is 385 g/mol. The van der Waals surface area contributed by atoms with E-state index >= 15 is 0 Å². The number of ether oxygens (including phenoxy) is 2. The van der Waals surface area contributed by atoms with Crippen molar-refractivity contribution < 1.29 is 23.9 Å². The van der Waals surface area contributed by atoms with Crippen molar-refractivity contribution in [2.75, 3.05) is 12.4 Å². The Bertz CT molecular complexity index is 793. The van der Waals surface area contributed by atoms with Gasteiger partial charge >= 0.3 is 0 Å². The normalized spacial score (nSPS) is 11.1. The lowest BCUT2D eigenvalue weighted by atomic mass is 10.2. The Hall–Kier alpha value is -3.55. The summed E-state index contributed by atoms with van der Waals surface area (Å²) in [5, 5.41) is 2.68. The average Bonchev–Trinajstić information content (AvgIpc) is 2.71. The number of anilines is 1. The van der Waals surface area contributed by atoms with E-state index < -0.39 is 17.9 Å². The Morgan fingerprint density at radius 1 is 0.857 bits per heavy atom. The zero-order valence-electron chi connectivity index (χ0n) is 15.7. The molecule has 2 aromatic rings. The Labute approximate surface area is 163 Å². The van der Waals surface area contributed by atoms with Gasteiger partial charge in [-0.1, -0.05) is 18.2 Å². The molecular formula is C20H23N3O5. The second kappa shape index (κ2) is 10.6. The second-order valence-corrected chi connectivity index (χ2v) is 5.89. The summed E-state index contributed by atoms with van der Waals surface area (Å²) in [6.45, 7) is 1.55. The summed E-state index contributed by atoms with van der Waals surface area (Å²) in [6, 6.07) is 15.7. The zero-order chi connectivity index (χ0) is 20.4. The number of methoxy groups -OCH3 is 1. The van der Waals surface area contributed by atoms with E-state index in [0.717, 1.165) is 0 Å². The molecule has 1 atom stereocenters. The van der Waals surface area contributed by atoms with Crippen molar-refractivity contribution in [2.24, 2.45) is 0 Å². The smallest absolute Gasteiger partial charge is 0.279 e. The van der Waals surface area contributed by atoms with Crippen molar-refractivity contribution in [1.82, 2.24) is 10.9 Å². The lowest BCUT2D eigenvalue weighted by Gasteiger charge is -2.15. The molecule has 3 amide bonds. The number of carbonyl (C=O) groups excluding carboxylic acids is 3. The van der Waals surface area contributed by atoms with Crippen LogP contribution in [0.5, 0.6) is 11.5 Å². The van der Waals surface area contributed by atoms with E-state index in [1.165, 1.54) is 0 Å². The molecule has 0 saturated carbocycles. The van der Waals surface area contributed by atoms with Gasteiger partial charge in [-0.2, -0.15) is 0 Å². The molecule has 8 heteroatoms. The van der Waals surface area contributed by atoms with Crippen molar-refractivity contribution >= 4 is 23.4 Å². The molecule has 3 N–H and O–H groups in total. The van der Waals surface area contributed by atoms with Gasteiger partial charge in [-0.15, -0.1) is 0 Å². The molecule has 0 spiro atoms. The summed E-state index contributed by atoms with van der Waals surface area (Å²) in [5.74, 6) is -0.115. The van der Waals surface area contributed by atoms with E-state index in [4.69, 9.17) is 9.47 Å². The number of nitrogens with one attached hydrogen (secondary N) is 3. The van der Waals surface area contributed by atoms with Crippen LogP contribution in [0.25, 0.3) is 0 Å². The Balaban J connectivity index is 1.67. The highest BCUT2D eigenvalue weighted by Crippen LogP contribution is 2.18. The standard InChI is InChI=1S/C20H23N3O5/c1-14(28-17-10-8-16(27-2)9-11-17)20(26)23-22-19(25)13-12-18(24)21-15-6-4-3-5-7-15/h3-11,14H,12-13H2,1-2H3,(H,21,24)(H,22,25)(H,23,26). The topological polar surface area (TPSA) is 106 Å². The van der Waals surface area contributed by atoms with Crippen LogP contribution in [-0.4, -0.2) is 30.9 Å². The van der Waals surface area contributed by atoms with Gasteiger partial charge in [0.05, 0.1) is 7.11 Å². The largest absolute Gasteiger partial charge is 0.497 e. The first kappa shape index (κ1) is 20.8. The summed E-state index contributed by atoms with van der Waals surface area (Å²) >= 11 is 0. The van der Waals surface area contributed by atoms with Gasteiger partial charge in [-0.25, -0.2) is 0 Å². The minimum atomic E-state index is -0.824. The number of hydrogen-bond donors (Lipinski definition) is 3. The molecule has 0 saturated heterocycles. The lowest BCUT2D eigenvalue weighted by Crippen LogP contribution is -2.47. The fraction of sp³-hybridized carbons (Fsp3) is 0.250. The molecule has 28 heavy (non-hydrogen) atoms. The summed E-state index contributed by atoms with van der Waals surface area (Å²) in [4.78, 5) is 35.6. The number of hydrogen-bond acceptors (Lipinski definition) is 5. The fourth-order valence-corrected chi connectivity index (χ4v) is 2.18. The third-order valence-electron chi connectivity index (χ3n) is 3.70. The molecule has 8 nitrogen and oxygen atoms in total. The van der Waals surface area contributed by atoms with Crippen LogP contribution in [-0.2, 0) is 14.4 Å². The first-order chi connectivity index (χ1) is 13.5. The maximum atomic E-state index is 12.0. The van der Waals surface area contributed by atoms with Crippen molar-refractivity contribution in [3.63, 3.8) is 0 Å². The van der Waals surface area contributed by atoms with Gasteiger partial charge < -0.3 is 14.8 Å². The first-order valence-corrected chi connectivity index (χ1v) is 8.72. The molecule has 2 rings (SSSR count). The molecule has 0 aliphatic heterocycles. The van der Waals surface area contributed by atoms with E-state index in [2.05, 4.69) is 16.2 Å². The number of rotatable bonds is 8. The lowest BCUT2D eigenvalue weighted by molar-refractivity contribution is -0.133. The number of para-hydroxylation sites is 1. The number of carbonyl (C=O) groups is 3. The predicted molar refractivity (Wildman–Crippen MR) is 104 cm³/mol. The summed E-state index contributed by atoms with van der Waals surface area (Å²) in [7, 11) is 1.56. The summed E-state index contributed by atoms with van der Waals surface area (Å²) in [5.41, 5.74) is 5.20. The Morgan fingerprint density at radius 3 is 2.11 bits per heavy atom. The zero-order valence-corrected chi connectivity index (χ0v) is 15.7. The monoisotopic (exact) mass is 385 g/mol. The van der Waals surface area contributed by atoms with Crippen molar-refractivity contribution in [2.45, 2.75) is 25.9 Å². The van der Waals surface area contributed by atoms with Gasteiger partial charge in [0.25, 0.3) is 5.91 Å². The molecule has 0 aliphatic carbocycles. The third kappa shape index (κ3) is 6.99. The minimum Gasteiger partial charge on any atom is -0.497 e. The van der Waals surface area contributed by atoms with Crippen molar-refractivity contribution in [3.8, 4) is 11.5 Å². The van der Waals surface area contributed by atoms with Crippen LogP contribution in [0.2, 0.25) is 0 Å². The molecule has 0 heterocycles. The van der Waals surface area contributed by atoms with E-state index in [0.29, 0.717) is 17.2 Å². The highest BCUT2D eigenvalue weighted by Gasteiger charge is 2.16. The van der Waals surface area contributed by atoms with E-state index in [-0.39, 0.29) is 18.7 Å². The summed E-state index contributed by atoms with van der Waals surface area (Å²) in [6.07, 6.45) is -0.892. The van der Waals surface area contributed by atoms with E-state index in [9.17, 15) is 14.4 Å². The van der Waals surface area contributed by atoms with Crippen LogP contribution in [0.15, 0.2) is 54.6 Å². The second-order valence-electron chi connectivity index (χ2n) is 5.89. The maximum Gasteiger partial charge on any atom is 0.279 e. The Kier molecular flexibility index (Phi) is 7.83. The molecule has 1 unspecified atom stereocenters. The molecule has 2 aromatic carbocycles. The SMILES string of the molecule is COc1ccc(OC(C)C(=O)NNC(=O)CCC(=O)Nc2ccccc2)cc1. The Morgan fingerprint density at radius 2 is 1.46 bits per heavy atom. The summed E-state index contributed by atoms with van der Waals surface area (Å²) < 4.78 is 10.5. The third-order valence-corrected chi connectivity index (χ3v) is 3.70. The van der Waals surface area contributed by atoms with Crippen molar-refractivity contribution in [1.29, 1.82) is 0 Å². The number of amides is 3. The molecular weight excluding hydrogens is 362 g/mol. The van der Waals surface area contributed by atoms with E-state index in [1.54, 1.807) is 62.6 Å². The quantitative estimate of drug-likeness (QED) is 0.603. The van der Waals surface area contributed by atoms with Gasteiger partial charge in [0.1, 0.15) is 11.5 Å². The van der Waals surface area contributed by atoms with Crippen LogP contribution < -0.4 is 25.6 Å². The molecule has 0 bridgehead atoms. The fourth-order valence-electron chi connectivity index (χ4n) is 2.18. The van der Waals surface area contributed by atoms with Gasteiger partial charge in [-0.3, -0.25) is 25.2 Å². The van der Waals surface area contributed by atoms with Crippen LogP contribution in [0.1, 0.15) is 19.8 Å². The number of benzene rings is 2. The van der Waals surface area contributed by atoms with Gasteiger partial charge in [0.15, 0.2) is 6.10 Å². The maximum absolute atomic E-state index is 12.0. The highest BCUT2D eigenvalue weighted by molar-refractivity contribution is 5.93. The predicted octanol–water partition coefficient (Wildman–Crippen LogP) is 2.03. The van der Waals surface area contributed by atoms with Crippen LogP contribution in [0.3, 0.4) is 0 Å². The highest BCUT2D eigenvalue weighted by atomic mass is 16.5. The van der Waals surface area contributed by atoms with Crippen LogP contribution in [0, 0.1) is 0 Å². The molecule has 148 valence electrons. The van der Waals surface area contributed by atoms with E-state index in [1.807, 2.05) is 6.07 Å². The van der Waals surface area contributed by atoms with Gasteiger partial charge in [0.2, 0.25) is 11.8 Å². The molecule has 0 aromatic heterocycles. The van der Waals surface area contributed by atoms with Gasteiger partial charge in [-0.05, 0) is 43.3 Å². The van der Waals surface area contributed by atoms with Crippen molar-refractivity contribution in [3.05, 3.63) is 54.6 Å².